The van der Waals surface area contributed by atoms with Gasteiger partial charge in [0.1, 0.15) is 22.9 Å². The predicted molar refractivity (Wildman–Crippen MR) is 125 cm³/mol. The van der Waals surface area contributed by atoms with Crippen molar-refractivity contribution in [1.82, 2.24) is 4.90 Å². The van der Waals surface area contributed by atoms with Gasteiger partial charge in [0, 0.05) is 13.1 Å². The van der Waals surface area contributed by atoms with Gasteiger partial charge >= 0.3 is 0 Å². The van der Waals surface area contributed by atoms with E-state index in [0.717, 1.165) is 17.9 Å². The van der Waals surface area contributed by atoms with E-state index in [2.05, 4.69) is 10.6 Å². The maximum absolute atomic E-state index is 12.6. The molecule has 0 unspecified atom stereocenters. The molecular weight excluding hydrogens is 422 g/mol. The molecule has 0 radical (unpaired) electrons. The summed E-state index contributed by atoms with van der Waals surface area (Å²) in [6.07, 6.45) is 3.93. The van der Waals surface area contributed by atoms with Crippen LogP contribution in [0.15, 0.2) is 38.3 Å². The third-order valence-corrected chi connectivity index (χ3v) is 6.64. The molecule has 172 valence electrons. The number of carbonyl (C=O) groups is 1. The smallest absolute Gasteiger partial charge is 0.257 e. The Balaban J connectivity index is 1.39. The molecule has 2 fully saturated rings. The fourth-order valence-electron chi connectivity index (χ4n) is 4.33. The zero-order chi connectivity index (χ0) is 23.3. The molecule has 1 amide bonds. The van der Waals surface area contributed by atoms with E-state index in [1.54, 1.807) is 23.1 Å². The monoisotopic (exact) mass is 449 g/mol. The lowest BCUT2D eigenvalue weighted by Crippen LogP contribution is -2.42. The fourth-order valence-corrected chi connectivity index (χ4v) is 4.33. The highest BCUT2D eigenvalue weighted by atomic mass is 16.3. The van der Waals surface area contributed by atoms with Crippen molar-refractivity contribution in [2.24, 2.45) is 0 Å². The molecule has 1 aliphatic heterocycles. The van der Waals surface area contributed by atoms with Gasteiger partial charge in [-0.3, -0.25) is 14.4 Å². The molecule has 8 nitrogen and oxygen atoms in total. The lowest BCUT2D eigenvalue weighted by Gasteiger charge is -2.31. The van der Waals surface area contributed by atoms with Crippen LogP contribution in [0.4, 0.5) is 17.1 Å². The van der Waals surface area contributed by atoms with Crippen LogP contribution >= 0.6 is 0 Å². The molecule has 1 saturated heterocycles. The maximum Gasteiger partial charge on any atom is 0.257 e. The van der Waals surface area contributed by atoms with Crippen LogP contribution in [0.25, 0.3) is 0 Å². The van der Waals surface area contributed by atoms with Gasteiger partial charge in [0.2, 0.25) is 0 Å². The summed E-state index contributed by atoms with van der Waals surface area (Å²) in [6, 6.07) is 6.52. The van der Waals surface area contributed by atoms with E-state index in [0.29, 0.717) is 25.4 Å². The Morgan fingerprint density at radius 1 is 1.21 bits per heavy atom. The average molecular weight is 450 g/mol. The molecule has 1 aromatic heterocycles. The summed E-state index contributed by atoms with van der Waals surface area (Å²) in [5, 5.41) is 16.7. The molecule has 0 bridgehead atoms. The van der Waals surface area contributed by atoms with Crippen molar-refractivity contribution < 1.29 is 14.3 Å². The Labute approximate surface area is 190 Å². The zero-order valence-electron chi connectivity index (χ0n) is 18.7. The number of nitrogens with zero attached hydrogens (tertiary/aromatic N) is 1. The van der Waals surface area contributed by atoms with E-state index in [1.165, 1.54) is 18.4 Å². The Morgan fingerprint density at radius 3 is 2.58 bits per heavy atom. The van der Waals surface area contributed by atoms with Crippen molar-refractivity contribution >= 4 is 23.0 Å². The molecular formula is C25H27N3O5. The van der Waals surface area contributed by atoms with Crippen molar-refractivity contribution in [3.8, 4) is 5.75 Å². The Hall–Kier alpha value is -3.55. The lowest BCUT2D eigenvalue weighted by molar-refractivity contribution is 0.0649. The second-order valence-electron chi connectivity index (χ2n) is 8.92. The van der Waals surface area contributed by atoms with Crippen molar-refractivity contribution in [2.75, 3.05) is 23.7 Å². The van der Waals surface area contributed by atoms with Gasteiger partial charge in [-0.05, 0) is 62.3 Å². The molecule has 3 aromatic rings. The van der Waals surface area contributed by atoms with Gasteiger partial charge in [-0.1, -0.05) is 13.0 Å². The Bertz CT molecular complexity index is 1290. The lowest BCUT2D eigenvalue weighted by atomic mass is 10.1. The van der Waals surface area contributed by atoms with Crippen LogP contribution in [-0.4, -0.2) is 29.0 Å². The van der Waals surface area contributed by atoms with Crippen LogP contribution in [0.3, 0.4) is 0 Å². The van der Waals surface area contributed by atoms with E-state index in [4.69, 9.17) is 4.42 Å². The summed E-state index contributed by atoms with van der Waals surface area (Å²) in [7, 11) is 0. The maximum atomic E-state index is 12.6. The molecule has 1 atom stereocenters. The van der Waals surface area contributed by atoms with Crippen LogP contribution < -0.4 is 21.5 Å². The number of aromatic hydroxyl groups is 1. The highest BCUT2D eigenvalue weighted by Gasteiger charge is 2.31. The number of anilines is 3. The number of likely N-dealkylation sites (tertiary alicyclic amines) is 1. The first-order valence-electron chi connectivity index (χ1n) is 11.5. The number of hydrogen-bond acceptors (Lipinski definition) is 7. The summed E-state index contributed by atoms with van der Waals surface area (Å²) >= 11 is 0. The second kappa shape index (κ2) is 8.10. The van der Waals surface area contributed by atoms with Crippen LogP contribution in [-0.2, 0) is 0 Å². The van der Waals surface area contributed by atoms with Crippen molar-refractivity contribution in [2.45, 2.75) is 51.5 Å². The number of amides is 1. The van der Waals surface area contributed by atoms with Crippen molar-refractivity contribution in [1.29, 1.82) is 0 Å². The molecule has 8 heteroatoms. The topological polar surface area (TPSA) is 112 Å². The molecule has 0 spiro atoms. The number of para-hydroxylation sites is 1. The molecule has 2 heterocycles. The average Bonchev–Trinajstić information content (AvgIpc) is 3.54. The predicted octanol–water partition coefficient (Wildman–Crippen LogP) is 3.92. The molecule has 33 heavy (non-hydrogen) atoms. The third-order valence-electron chi connectivity index (χ3n) is 6.64. The highest BCUT2D eigenvalue weighted by molar-refractivity contribution is 5.99. The molecule has 2 aliphatic rings. The number of phenols is 1. The van der Waals surface area contributed by atoms with E-state index in [1.807, 2.05) is 19.9 Å². The number of hydrogen-bond donors (Lipinski definition) is 3. The first-order chi connectivity index (χ1) is 15.9. The van der Waals surface area contributed by atoms with Crippen LogP contribution in [0.5, 0.6) is 5.75 Å². The number of nitrogens with one attached hydrogen (secondary N) is 2. The standard InChI is InChI=1S/C25H27N3O5/c1-3-17(19-12-16(13(2)33-19)14-8-9-14)26-20-21(24(31)23(20)30)27-18-7-4-6-15(22(18)29)25(32)28-10-5-11-28/h4,6-7,12,14,17,26-27,29H,3,5,8-11H2,1-2H3/t17-/m1/s1. The number of carbonyl (C=O) groups excluding carboxylic acids is 1. The first kappa shape index (κ1) is 21.3. The van der Waals surface area contributed by atoms with E-state index in [-0.39, 0.29) is 40.3 Å². The van der Waals surface area contributed by atoms with Gasteiger partial charge in [-0.2, -0.15) is 0 Å². The van der Waals surface area contributed by atoms with E-state index < -0.39 is 10.9 Å². The summed E-state index contributed by atoms with van der Waals surface area (Å²) in [5.41, 5.74) is 0.532. The number of benzene rings is 1. The van der Waals surface area contributed by atoms with Crippen molar-refractivity contribution in [3.63, 3.8) is 0 Å². The van der Waals surface area contributed by atoms with E-state index >= 15 is 0 Å². The van der Waals surface area contributed by atoms with Gasteiger partial charge in [-0.25, -0.2) is 0 Å². The highest BCUT2D eigenvalue weighted by Crippen LogP contribution is 2.44. The largest absolute Gasteiger partial charge is 0.505 e. The Kier molecular flexibility index (Phi) is 5.23. The van der Waals surface area contributed by atoms with Crippen LogP contribution in [0.2, 0.25) is 0 Å². The van der Waals surface area contributed by atoms with Crippen LogP contribution in [0.1, 0.15) is 72.0 Å². The number of aryl methyl sites for hydroxylation is 1. The third kappa shape index (κ3) is 3.69. The zero-order valence-corrected chi connectivity index (χ0v) is 18.7. The minimum Gasteiger partial charge on any atom is -0.505 e. The van der Waals surface area contributed by atoms with Crippen molar-refractivity contribution in [3.05, 3.63) is 67.4 Å². The molecule has 2 aromatic carbocycles. The van der Waals surface area contributed by atoms with Crippen LogP contribution in [0, 0.1) is 6.92 Å². The van der Waals surface area contributed by atoms with Gasteiger partial charge in [-0.15, -0.1) is 0 Å². The van der Waals surface area contributed by atoms with Gasteiger partial charge in [0.15, 0.2) is 5.75 Å². The number of phenolic OH excluding ortho intramolecular Hbond substituents is 1. The second-order valence-corrected chi connectivity index (χ2v) is 8.92. The Morgan fingerprint density at radius 2 is 1.94 bits per heavy atom. The molecule has 3 N–H and O–H groups in total. The molecule has 1 aliphatic carbocycles. The first-order valence-corrected chi connectivity index (χ1v) is 11.5. The van der Waals surface area contributed by atoms with Gasteiger partial charge < -0.3 is 25.1 Å². The minimum atomic E-state index is -0.666. The summed E-state index contributed by atoms with van der Waals surface area (Å²) in [4.78, 5) is 38.9. The summed E-state index contributed by atoms with van der Waals surface area (Å²) < 4.78 is 5.97. The normalized spacial score (nSPS) is 16.5. The fraction of sp³-hybridized carbons (Fsp3) is 0.400. The minimum absolute atomic E-state index is 0.0768. The number of rotatable bonds is 8. The number of furan rings is 1. The molecule has 1 saturated carbocycles. The quantitative estimate of drug-likeness (QED) is 0.353. The van der Waals surface area contributed by atoms with E-state index in [9.17, 15) is 19.5 Å². The summed E-state index contributed by atoms with van der Waals surface area (Å²) in [5.74, 6) is 1.69. The van der Waals surface area contributed by atoms with Gasteiger partial charge in [0.05, 0.1) is 17.3 Å². The SMILES string of the molecule is CC[C@@H](Nc1c(Nc2cccc(C(=O)N3CCC3)c2O)c(=O)c1=O)c1cc(C2CC2)c(C)o1. The van der Waals surface area contributed by atoms with Gasteiger partial charge in [0.25, 0.3) is 16.8 Å². The summed E-state index contributed by atoms with van der Waals surface area (Å²) in [6.45, 7) is 5.25. The molecule has 5 rings (SSSR count).